The van der Waals surface area contributed by atoms with Crippen LogP contribution in [0.25, 0.3) is 0 Å². The van der Waals surface area contributed by atoms with Crippen molar-refractivity contribution in [1.82, 2.24) is 0 Å². The van der Waals surface area contributed by atoms with Crippen molar-refractivity contribution in [3.8, 4) is 11.8 Å². The maximum atomic E-state index is 15.4. The molecule has 1 aromatic carbocycles. The minimum atomic E-state index is -0.611. The van der Waals surface area contributed by atoms with Crippen LogP contribution in [0.5, 0.6) is 5.75 Å². The highest BCUT2D eigenvalue weighted by Gasteiger charge is 2.20. The Bertz CT molecular complexity index is 997. The van der Waals surface area contributed by atoms with Crippen LogP contribution in [0.3, 0.4) is 0 Å². The molecular formula is C23H26FN3O5S. The number of hydrogen-bond acceptors (Lipinski definition) is 9. The molecule has 0 amide bonds. The monoisotopic (exact) mass is 475 g/mol. The highest BCUT2D eigenvalue weighted by atomic mass is 32.2. The first-order chi connectivity index (χ1) is 15.9. The van der Waals surface area contributed by atoms with Gasteiger partial charge in [-0.15, -0.1) is 11.8 Å². The Kier molecular flexibility index (Phi) is 13.1. The van der Waals surface area contributed by atoms with Crippen molar-refractivity contribution in [2.75, 3.05) is 40.2 Å². The average molecular weight is 476 g/mol. The largest absolute Gasteiger partial charge is 0.497 e. The number of hydrogen-bond donors (Lipinski definition) is 1. The Balaban J connectivity index is 3.62. The fourth-order valence-electron chi connectivity index (χ4n) is 2.39. The van der Waals surface area contributed by atoms with Crippen molar-refractivity contribution in [1.29, 1.82) is 5.26 Å². The fraction of sp³-hybridized carbons (Fsp3) is 0.304. The van der Waals surface area contributed by atoms with E-state index in [0.29, 0.717) is 11.3 Å². The maximum Gasteiger partial charge on any atom is 0.327 e. The lowest BCUT2D eigenvalue weighted by Gasteiger charge is -2.14. The zero-order valence-corrected chi connectivity index (χ0v) is 19.5. The van der Waals surface area contributed by atoms with Crippen LogP contribution in [0.1, 0.15) is 11.1 Å². The third-order valence-electron chi connectivity index (χ3n) is 4.00. The van der Waals surface area contributed by atoms with Crippen molar-refractivity contribution in [3.63, 3.8) is 0 Å². The SMILES string of the molecule is C=C/C(C#N)=C\C=C\N=C(C(=NCC(=O)OC)SC)c1cc(OC)cc(COCCO)c1F. The molecule has 0 aliphatic rings. The topological polar surface area (TPSA) is 114 Å². The lowest BCUT2D eigenvalue weighted by Crippen LogP contribution is -2.18. The van der Waals surface area contributed by atoms with Crippen molar-refractivity contribution < 1.29 is 28.5 Å². The molecule has 10 heteroatoms. The van der Waals surface area contributed by atoms with Crippen molar-refractivity contribution in [2.45, 2.75) is 6.61 Å². The first-order valence-electron chi connectivity index (χ1n) is 9.63. The van der Waals surface area contributed by atoms with Crippen molar-refractivity contribution >= 4 is 28.5 Å². The number of thioether (sulfide) groups is 1. The Hall–Kier alpha value is -3.26. The predicted octanol–water partition coefficient (Wildman–Crippen LogP) is 3.22. The molecule has 8 nitrogen and oxygen atoms in total. The lowest BCUT2D eigenvalue weighted by molar-refractivity contribution is -0.138. The smallest absolute Gasteiger partial charge is 0.327 e. The van der Waals surface area contributed by atoms with Crippen LogP contribution in [0.15, 0.2) is 58.7 Å². The molecule has 0 aromatic heterocycles. The van der Waals surface area contributed by atoms with Crippen LogP contribution in [0, 0.1) is 17.1 Å². The minimum absolute atomic E-state index is 0.0448. The summed E-state index contributed by atoms with van der Waals surface area (Å²) in [7, 11) is 2.68. The molecule has 0 atom stereocenters. The molecule has 1 aromatic rings. The van der Waals surface area contributed by atoms with Gasteiger partial charge in [0.25, 0.3) is 0 Å². The molecule has 33 heavy (non-hydrogen) atoms. The Morgan fingerprint density at radius 1 is 1.39 bits per heavy atom. The zero-order chi connectivity index (χ0) is 24.6. The molecule has 176 valence electrons. The van der Waals surface area contributed by atoms with Crippen molar-refractivity contribution in [3.05, 3.63) is 65.7 Å². The van der Waals surface area contributed by atoms with Gasteiger partial charge >= 0.3 is 5.97 Å². The molecule has 0 spiro atoms. The average Bonchev–Trinajstić information content (AvgIpc) is 2.84. The quantitative estimate of drug-likeness (QED) is 0.123. The summed E-state index contributed by atoms with van der Waals surface area (Å²) in [6.07, 6.45) is 7.47. The molecule has 0 aliphatic heterocycles. The van der Waals surface area contributed by atoms with Crippen LogP contribution in [-0.2, 0) is 20.9 Å². The van der Waals surface area contributed by atoms with E-state index in [0.717, 1.165) is 0 Å². The summed E-state index contributed by atoms with van der Waals surface area (Å²) in [4.78, 5) is 20.2. The normalized spacial score (nSPS) is 12.5. The highest BCUT2D eigenvalue weighted by Crippen LogP contribution is 2.25. The van der Waals surface area contributed by atoms with Gasteiger partial charge in [-0.05, 0) is 30.5 Å². The summed E-state index contributed by atoms with van der Waals surface area (Å²) in [5.41, 5.74) is 0.741. The fourth-order valence-corrected chi connectivity index (χ4v) is 2.94. The molecular weight excluding hydrogens is 449 g/mol. The molecule has 0 unspecified atom stereocenters. The first kappa shape index (κ1) is 27.8. The summed E-state index contributed by atoms with van der Waals surface area (Å²) in [5, 5.41) is 18.2. The second-order valence-corrected chi connectivity index (χ2v) is 6.88. The van der Waals surface area contributed by atoms with Gasteiger partial charge in [-0.3, -0.25) is 14.8 Å². The second-order valence-electron chi connectivity index (χ2n) is 6.08. The van der Waals surface area contributed by atoms with Gasteiger partial charge in [0.1, 0.15) is 28.9 Å². The van der Waals surface area contributed by atoms with E-state index < -0.39 is 11.8 Å². The first-order valence-corrected chi connectivity index (χ1v) is 10.9. The van der Waals surface area contributed by atoms with Crippen molar-refractivity contribution in [2.24, 2.45) is 9.98 Å². The number of carbonyl (C=O) groups is 1. The summed E-state index contributed by atoms with van der Waals surface area (Å²) in [5.74, 6) is -0.814. The number of halogens is 1. The van der Waals surface area contributed by atoms with Gasteiger partial charge in [0.2, 0.25) is 0 Å². The number of nitrogens with zero attached hydrogens (tertiary/aromatic N) is 3. The van der Waals surface area contributed by atoms with E-state index in [9.17, 15) is 4.79 Å². The number of ether oxygens (including phenoxy) is 3. The number of nitriles is 1. The Morgan fingerprint density at radius 2 is 2.15 bits per heavy atom. The van der Waals surface area contributed by atoms with Gasteiger partial charge in [-0.25, -0.2) is 4.39 Å². The number of benzene rings is 1. The van der Waals surface area contributed by atoms with Gasteiger partial charge in [0.15, 0.2) is 0 Å². The predicted molar refractivity (Wildman–Crippen MR) is 127 cm³/mol. The van der Waals surface area contributed by atoms with E-state index in [2.05, 4.69) is 21.3 Å². The maximum absolute atomic E-state index is 15.4. The minimum Gasteiger partial charge on any atom is -0.497 e. The second kappa shape index (κ2) is 15.5. The number of esters is 1. The van der Waals surface area contributed by atoms with E-state index in [-0.39, 0.29) is 48.2 Å². The number of methoxy groups -OCH3 is 2. The number of aliphatic hydroxyl groups is 1. The molecule has 1 N–H and O–H groups in total. The molecule has 0 saturated heterocycles. The van der Waals surface area contributed by atoms with Gasteiger partial charge in [0.05, 0.1) is 45.7 Å². The summed E-state index contributed by atoms with van der Waals surface area (Å²) in [6, 6.07) is 4.90. The zero-order valence-electron chi connectivity index (χ0n) is 18.7. The van der Waals surface area contributed by atoms with Gasteiger partial charge in [0, 0.05) is 17.3 Å². The lowest BCUT2D eigenvalue weighted by atomic mass is 10.0. The summed E-state index contributed by atoms with van der Waals surface area (Å²) < 4.78 is 30.6. The number of aliphatic imine (C=N–C) groups is 2. The standard InChI is InChI=1S/C23H26FN3O5S/c1-5-16(13-25)7-6-8-26-22(23(33-4)27-14-20(29)31-3)19-12-18(30-2)11-17(21(19)24)15-32-10-9-28/h5-8,11-12,28H,1,9-10,14-15H2,2-4H3/b8-6+,16-7+,26-22?,27-23?. The molecule has 0 saturated carbocycles. The number of aliphatic hydroxyl groups excluding tert-OH is 1. The molecule has 0 aliphatic carbocycles. The van der Waals surface area contributed by atoms with E-state index >= 15 is 4.39 Å². The van der Waals surface area contributed by atoms with E-state index in [1.807, 2.05) is 6.07 Å². The number of allylic oxidation sites excluding steroid dienone is 4. The Morgan fingerprint density at radius 3 is 2.73 bits per heavy atom. The molecule has 0 radical (unpaired) electrons. The van der Waals surface area contributed by atoms with E-state index in [4.69, 9.17) is 19.8 Å². The highest BCUT2D eigenvalue weighted by molar-refractivity contribution is 8.15. The van der Waals surface area contributed by atoms with Gasteiger partial charge < -0.3 is 19.3 Å². The summed E-state index contributed by atoms with van der Waals surface area (Å²) >= 11 is 1.17. The molecule has 0 heterocycles. The third kappa shape index (κ3) is 9.02. The van der Waals surface area contributed by atoms with Crippen LogP contribution in [-0.4, -0.2) is 62.1 Å². The third-order valence-corrected chi connectivity index (χ3v) is 4.70. The van der Waals surface area contributed by atoms with Gasteiger partial charge in [-0.1, -0.05) is 12.7 Å². The van der Waals surface area contributed by atoms with Crippen LogP contribution in [0.4, 0.5) is 4.39 Å². The molecule has 1 rings (SSSR count). The van der Waals surface area contributed by atoms with Crippen LogP contribution >= 0.6 is 11.8 Å². The molecule has 0 fully saturated rings. The van der Waals surface area contributed by atoms with E-state index in [1.54, 1.807) is 6.26 Å². The Labute approximate surface area is 196 Å². The van der Waals surface area contributed by atoms with Gasteiger partial charge in [-0.2, -0.15) is 5.26 Å². The number of rotatable bonds is 12. The summed E-state index contributed by atoms with van der Waals surface area (Å²) in [6.45, 7) is 3.01. The number of carbonyl (C=O) groups excluding carboxylic acids is 1. The van der Waals surface area contributed by atoms with Crippen LogP contribution < -0.4 is 4.74 Å². The van der Waals surface area contributed by atoms with Crippen LogP contribution in [0.2, 0.25) is 0 Å². The molecule has 0 bridgehead atoms. The van der Waals surface area contributed by atoms with E-state index in [1.165, 1.54) is 62.5 Å².